The summed E-state index contributed by atoms with van der Waals surface area (Å²) < 4.78 is 0. The summed E-state index contributed by atoms with van der Waals surface area (Å²) in [4.78, 5) is 6.90. The molecule has 0 unspecified atom stereocenters. The highest BCUT2D eigenvalue weighted by molar-refractivity contribution is 5.52. The van der Waals surface area contributed by atoms with Crippen LogP contribution in [0.1, 0.15) is 51.5 Å². The molecule has 0 amide bonds. The molecule has 19 heavy (non-hydrogen) atoms. The van der Waals surface area contributed by atoms with Crippen LogP contribution in [0, 0.1) is 0 Å². The number of hydrogen-bond donors (Lipinski definition) is 1. The van der Waals surface area contributed by atoms with Crippen molar-refractivity contribution in [2.45, 2.75) is 58.5 Å². The minimum Gasteiger partial charge on any atom is -0.367 e. The van der Waals surface area contributed by atoms with Gasteiger partial charge in [-0.05, 0) is 44.4 Å². The minimum atomic E-state index is 0.721. The average Bonchev–Trinajstić information content (AvgIpc) is 2.96. The number of nitrogens with one attached hydrogen (secondary N) is 1. The Hall–Kier alpha value is -1.09. The first-order chi connectivity index (χ1) is 9.36. The molecule has 1 saturated carbocycles. The summed E-state index contributed by atoms with van der Waals surface area (Å²) in [6.45, 7) is 7.58. The number of nitrogens with zero attached hydrogens (tertiary/aromatic N) is 2. The Kier molecular flexibility index (Phi) is 5.64. The third kappa shape index (κ3) is 3.69. The molecule has 2 rings (SSSR count). The summed E-state index contributed by atoms with van der Waals surface area (Å²) in [6.07, 6.45) is 10.6. The molecule has 0 radical (unpaired) electrons. The molecule has 3 heteroatoms. The maximum Gasteiger partial charge on any atom is 0.0600 e. The summed E-state index contributed by atoms with van der Waals surface area (Å²) in [5.74, 6) is 0. The van der Waals surface area contributed by atoms with E-state index in [1.165, 1.54) is 43.4 Å². The lowest BCUT2D eigenvalue weighted by atomic mass is 10.1. The van der Waals surface area contributed by atoms with Gasteiger partial charge in [-0.1, -0.05) is 19.8 Å². The second-order valence-corrected chi connectivity index (χ2v) is 5.41. The van der Waals surface area contributed by atoms with Crippen molar-refractivity contribution in [1.82, 2.24) is 10.3 Å². The van der Waals surface area contributed by atoms with E-state index in [-0.39, 0.29) is 0 Å². The molecule has 0 bridgehead atoms. The predicted octanol–water partition coefficient (Wildman–Crippen LogP) is 3.35. The van der Waals surface area contributed by atoms with E-state index >= 15 is 0 Å². The molecule has 3 nitrogen and oxygen atoms in total. The Morgan fingerprint density at radius 3 is 2.79 bits per heavy atom. The van der Waals surface area contributed by atoms with E-state index in [0.29, 0.717) is 0 Å². The zero-order valence-electron chi connectivity index (χ0n) is 12.4. The van der Waals surface area contributed by atoms with Gasteiger partial charge in [-0.25, -0.2) is 0 Å². The van der Waals surface area contributed by atoms with Crippen molar-refractivity contribution in [1.29, 1.82) is 0 Å². The van der Waals surface area contributed by atoms with Gasteiger partial charge in [0.15, 0.2) is 0 Å². The van der Waals surface area contributed by atoms with Crippen LogP contribution in [0.15, 0.2) is 18.5 Å². The van der Waals surface area contributed by atoms with E-state index in [1.807, 2.05) is 12.4 Å². The van der Waals surface area contributed by atoms with Crippen LogP contribution in [-0.4, -0.2) is 24.1 Å². The van der Waals surface area contributed by atoms with Crippen molar-refractivity contribution in [2.24, 2.45) is 0 Å². The first-order valence-electron chi connectivity index (χ1n) is 7.77. The highest BCUT2D eigenvalue weighted by Gasteiger charge is 2.23. The van der Waals surface area contributed by atoms with Gasteiger partial charge in [-0.2, -0.15) is 0 Å². The van der Waals surface area contributed by atoms with Gasteiger partial charge in [-0.3, -0.25) is 4.98 Å². The van der Waals surface area contributed by atoms with Gasteiger partial charge in [0.2, 0.25) is 0 Å². The quantitative estimate of drug-likeness (QED) is 0.763. The molecular formula is C16H27N3. The van der Waals surface area contributed by atoms with Gasteiger partial charge in [0, 0.05) is 25.3 Å². The third-order valence-electron chi connectivity index (χ3n) is 4.05. The monoisotopic (exact) mass is 261 g/mol. The van der Waals surface area contributed by atoms with Crippen LogP contribution in [0.4, 0.5) is 5.69 Å². The fourth-order valence-electron chi connectivity index (χ4n) is 3.06. The first kappa shape index (κ1) is 14.3. The SMILES string of the molecule is CCCNCc1ccncc1N(CC)C1CCCC1. The number of pyridine rings is 1. The Balaban J connectivity index is 2.11. The highest BCUT2D eigenvalue weighted by atomic mass is 15.2. The maximum absolute atomic E-state index is 4.34. The highest BCUT2D eigenvalue weighted by Crippen LogP contribution is 2.29. The van der Waals surface area contributed by atoms with E-state index < -0.39 is 0 Å². The van der Waals surface area contributed by atoms with Gasteiger partial charge in [-0.15, -0.1) is 0 Å². The number of rotatable bonds is 7. The molecule has 0 atom stereocenters. The van der Waals surface area contributed by atoms with E-state index in [9.17, 15) is 0 Å². The largest absolute Gasteiger partial charge is 0.367 e. The van der Waals surface area contributed by atoms with Crippen molar-refractivity contribution in [3.05, 3.63) is 24.0 Å². The summed E-state index contributed by atoms with van der Waals surface area (Å²) in [5.41, 5.74) is 2.72. The first-order valence-corrected chi connectivity index (χ1v) is 7.77. The van der Waals surface area contributed by atoms with E-state index in [0.717, 1.165) is 25.7 Å². The van der Waals surface area contributed by atoms with E-state index in [4.69, 9.17) is 0 Å². The standard InChI is InChI=1S/C16H27N3/c1-3-10-17-12-14-9-11-18-13-16(14)19(4-2)15-7-5-6-8-15/h9,11,13,15,17H,3-8,10,12H2,1-2H3. The molecule has 106 valence electrons. The van der Waals surface area contributed by atoms with Crippen LogP contribution in [0.5, 0.6) is 0 Å². The van der Waals surface area contributed by atoms with E-state index in [1.54, 1.807) is 0 Å². The minimum absolute atomic E-state index is 0.721. The van der Waals surface area contributed by atoms with Gasteiger partial charge in [0.05, 0.1) is 11.9 Å². The van der Waals surface area contributed by atoms with Gasteiger partial charge >= 0.3 is 0 Å². The Morgan fingerprint density at radius 2 is 2.11 bits per heavy atom. The molecule has 1 aliphatic carbocycles. The molecule has 0 saturated heterocycles. The third-order valence-corrected chi connectivity index (χ3v) is 4.05. The summed E-state index contributed by atoms with van der Waals surface area (Å²) in [7, 11) is 0. The summed E-state index contributed by atoms with van der Waals surface area (Å²) in [5, 5.41) is 3.51. The second kappa shape index (κ2) is 7.49. The van der Waals surface area contributed by atoms with Crippen molar-refractivity contribution in [3.63, 3.8) is 0 Å². The van der Waals surface area contributed by atoms with Crippen molar-refractivity contribution in [3.8, 4) is 0 Å². The predicted molar refractivity (Wildman–Crippen MR) is 81.5 cm³/mol. The van der Waals surface area contributed by atoms with Crippen molar-refractivity contribution in [2.75, 3.05) is 18.0 Å². The molecule has 0 aliphatic heterocycles. The lowest BCUT2D eigenvalue weighted by Gasteiger charge is -2.31. The molecule has 1 aromatic rings. The molecule has 0 aromatic carbocycles. The normalized spacial score (nSPS) is 15.9. The molecule has 1 aliphatic rings. The smallest absolute Gasteiger partial charge is 0.0600 e. The van der Waals surface area contributed by atoms with Crippen LogP contribution >= 0.6 is 0 Å². The van der Waals surface area contributed by atoms with Crippen LogP contribution in [-0.2, 0) is 6.54 Å². The molecular weight excluding hydrogens is 234 g/mol. The van der Waals surface area contributed by atoms with Crippen LogP contribution in [0.25, 0.3) is 0 Å². The molecule has 1 N–H and O–H groups in total. The van der Waals surface area contributed by atoms with Crippen LogP contribution < -0.4 is 10.2 Å². The zero-order chi connectivity index (χ0) is 13.5. The molecule has 1 fully saturated rings. The number of anilines is 1. The van der Waals surface area contributed by atoms with Crippen LogP contribution in [0.3, 0.4) is 0 Å². The van der Waals surface area contributed by atoms with Gasteiger partial charge in [0.1, 0.15) is 0 Å². The maximum atomic E-state index is 4.34. The van der Waals surface area contributed by atoms with Gasteiger partial charge < -0.3 is 10.2 Å². The topological polar surface area (TPSA) is 28.2 Å². The van der Waals surface area contributed by atoms with Gasteiger partial charge in [0.25, 0.3) is 0 Å². The Labute approximate surface area is 117 Å². The van der Waals surface area contributed by atoms with Crippen molar-refractivity contribution >= 4 is 5.69 Å². The lowest BCUT2D eigenvalue weighted by molar-refractivity contribution is 0.610. The van der Waals surface area contributed by atoms with Crippen molar-refractivity contribution < 1.29 is 0 Å². The summed E-state index contributed by atoms with van der Waals surface area (Å²) >= 11 is 0. The molecule has 1 heterocycles. The number of hydrogen-bond acceptors (Lipinski definition) is 3. The molecule has 0 spiro atoms. The average molecular weight is 261 g/mol. The fourth-order valence-corrected chi connectivity index (χ4v) is 3.06. The zero-order valence-corrected chi connectivity index (χ0v) is 12.4. The number of aromatic nitrogens is 1. The summed E-state index contributed by atoms with van der Waals surface area (Å²) in [6, 6.07) is 2.88. The Morgan fingerprint density at radius 1 is 1.32 bits per heavy atom. The fraction of sp³-hybridized carbons (Fsp3) is 0.688. The lowest BCUT2D eigenvalue weighted by Crippen LogP contribution is -2.34. The Bertz CT molecular complexity index is 372. The molecule has 1 aromatic heterocycles. The second-order valence-electron chi connectivity index (χ2n) is 5.41. The van der Waals surface area contributed by atoms with Crippen LogP contribution in [0.2, 0.25) is 0 Å². The van der Waals surface area contributed by atoms with E-state index in [2.05, 4.69) is 35.1 Å².